The molecule has 1 heterocycles. The molecule has 0 bridgehead atoms. The van der Waals surface area contributed by atoms with Crippen molar-refractivity contribution in [1.29, 1.82) is 0 Å². The number of rotatable bonds is 7. The van der Waals surface area contributed by atoms with Crippen LogP contribution in [0, 0.1) is 0 Å². The van der Waals surface area contributed by atoms with E-state index in [-0.39, 0.29) is 31.3 Å². The van der Waals surface area contributed by atoms with Crippen LogP contribution in [0.25, 0.3) is 11.1 Å². The Morgan fingerprint density at radius 1 is 1.03 bits per heavy atom. The predicted molar refractivity (Wildman–Crippen MR) is 122 cm³/mol. The number of amides is 1. The van der Waals surface area contributed by atoms with Crippen molar-refractivity contribution in [1.82, 2.24) is 10.3 Å². The number of carbonyl (C=O) groups excluding carboxylic acids is 1. The molecule has 2 aromatic carbocycles. The van der Waals surface area contributed by atoms with Gasteiger partial charge in [-0.15, -0.1) is 0 Å². The minimum absolute atomic E-state index is 0.0943. The Morgan fingerprint density at radius 3 is 2.23 bits per heavy atom. The van der Waals surface area contributed by atoms with Gasteiger partial charge in [-0.25, -0.2) is 9.78 Å². The van der Waals surface area contributed by atoms with Gasteiger partial charge >= 0.3 is 12.3 Å². The zero-order valence-electron chi connectivity index (χ0n) is 18.5. The summed E-state index contributed by atoms with van der Waals surface area (Å²) in [5.74, 6) is -0.487. The van der Waals surface area contributed by atoms with Crippen LogP contribution in [0.3, 0.4) is 0 Å². The highest BCUT2D eigenvalue weighted by Gasteiger charge is 2.38. The number of aromatic nitrogens is 1. The molecule has 1 amide bonds. The molecule has 5 N–H and O–H groups in total. The maximum Gasteiger partial charge on any atom is 0.433 e. The molecule has 1 aliphatic carbocycles. The van der Waals surface area contributed by atoms with E-state index in [0.29, 0.717) is 0 Å². The Balaban J connectivity index is 1.31. The van der Waals surface area contributed by atoms with Crippen LogP contribution in [0.2, 0.25) is 0 Å². The van der Waals surface area contributed by atoms with Crippen molar-refractivity contribution in [2.24, 2.45) is 0 Å². The number of aliphatic hydroxyl groups excluding tert-OH is 2. The SMILES string of the molecule is Nc1ccc(C(O)C(O)CCNC(=O)OCC2c3ccccc3-c3ccccc32)c(C(F)(F)F)n1. The number of aliphatic hydroxyl groups is 2. The lowest BCUT2D eigenvalue weighted by Gasteiger charge is -2.21. The summed E-state index contributed by atoms with van der Waals surface area (Å²) in [5, 5.41) is 22.9. The predicted octanol–water partition coefficient (Wildman–Crippen LogP) is 4.01. The third kappa shape index (κ3) is 5.23. The molecule has 0 spiro atoms. The van der Waals surface area contributed by atoms with E-state index in [0.717, 1.165) is 34.4 Å². The molecule has 7 nitrogen and oxygen atoms in total. The number of halogens is 3. The smallest absolute Gasteiger partial charge is 0.433 e. The number of benzene rings is 2. The van der Waals surface area contributed by atoms with E-state index < -0.39 is 35.7 Å². The summed E-state index contributed by atoms with van der Waals surface area (Å²) in [5.41, 5.74) is 7.64. The van der Waals surface area contributed by atoms with Gasteiger partial charge in [0.1, 0.15) is 18.5 Å². The third-order valence-corrected chi connectivity index (χ3v) is 5.95. The summed E-state index contributed by atoms with van der Waals surface area (Å²) in [6, 6.07) is 17.8. The number of carbonyl (C=O) groups is 1. The second kappa shape index (κ2) is 9.93. The second-order valence-corrected chi connectivity index (χ2v) is 8.22. The van der Waals surface area contributed by atoms with Crippen molar-refractivity contribution in [2.45, 2.75) is 30.7 Å². The van der Waals surface area contributed by atoms with Gasteiger partial charge in [0.05, 0.1) is 6.10 Å². The first kappa shape index (κ1) is 24.5. The number of ether oxygens (including phenoxy) is 1. The van der Waals surface area contributed by atoms with Gasteiger partial charge in [-0.1, -0.05) is 54.6 Å². The number of pyridine rings is 1. The maximum absolute atomic E-state index is 13.2. The number of fused-ring (bicyclic) bond motifs is 3. The minimum atomic E-state index is -4.86. The fourth-order valence-electron chi connectivity index (χ4n) is 4.29. The minimum Gasteiger partial charge on any atom is -0.449 e. The van der Waals surface area contributed by atoms with Crippen LogP contribution >= 0.6 is 0 Å². The standard InChI is InChI=1S/C25H24F3N3O4/c26-25(27,28)23-18(9-10-21(29)31-23)22(33)20(32)11-12-30-24(34)35-13-19-16-7-3-1-5-14(16)15-6-2-4-8-17(15)19/h1-10,19-20,22,32-33H,11-13H2,(H2,29,31)(H,30,34). The van der Waals surface area contributed by atoms with E-state index in [1.165, 1.54) is 0 Å². The van der Waals surface area contributed by atoms with E-state index in [4.69, 9.17) is 10.5 Å². The van der Waals surface area contributed by atoms with Crippen molar-refractivity contribution in [2.75, 3.05) is 18.9 Å². The second-order valence-electron chi connectivity index (χ2n) is 8.22. The third-order valence-electron chi connectivity index (χ3n) is 5.95. The van der Waals surface area contributed by atoms with Gasteiger partial charge in [-0.2, -0.15) is 13.2 Å². The number of hydrogen-bond donors (Lipinski definition) is 4. The molecule has 1 aromatic heterocycles. The molecule has 0 saturated carbocycles. The van der Waals surface area contributed by atoms with E-state index >= 15 is 0 Å². The largest absolute Gasteiger partial charge is 0.449 e. The summed E-state index contributed by atoms with van der Waals surface area (Å²) in [7, 11) is 0. The highest BCUT2D eigenvalue weighted by molar-refractivity contribution is 5.79. The molecule has 4 rings (SSSR count). The first-order chi connectivity index (χ1) is 16.7. The van der Waals surface area contributed by atoms with Crippen molar-refractivity contribution in [3.8, 4) is 11.1 Å². The molecule has 35 heavy (non-hydrogen) atoms. The average Bonchev–Trinajstić information content (AvgIpc) is 3.15. The number of alkyl halides is 3. The van der Waals surface area contributed by atoms with Crippen LogP contribution < -0.4 is 11.1 Å². The molecule has 2 unspecified atom stereocenters. The maximum atomic E-state index is 13.2. The quantitative estimate of drug-likeness (QED) is 0.400. The van der Waals surface area contributed by atoms with Gasteiger partial charge in [-0.05, 0) is 34.7 Å². The molecular formula is C25H24F3N3O4. The molecule has 10 heteroatoms. The number of nitrogens with zero attached hydrogens (tertiary/aromatic N) is 1. The number of nitrogen functional groups attached to an aromatic ring is 1. The number of hydrogen-bond acceptors (Lipinski definition) is 6. The number of nitrogens with one attached hydrogen (secondary N) is 1. The first-order valence-corrected chi connectivity index (χ1v) is 11.0. The first-order valence-electron chi connectivity index (χ1n) is 11.0. The van der Waals surface area contributed by atoms with E-state index in [1.54, 1.807) is 0 Å². The summed E-state index contributed by atoms with van der Waals surface area (Å²) in [4.78, 5) is 15.5. The average molecular weight is 487 g/mol. The van der Waals surface area contributed by atoms with E-state index in [9.17, 15) is 28.2 Å². The van der Waals surface area contributed by atoms with Gasteiger partial charge in [0.25, 0.3) is 0 Å². The highest BCUT2D eigenvalue weighted by Crippen LogP contribution is 2.44. The molecule has 2 atom stereocenters. The molecular weight excluding hydrogens is 463 g/mol. The zero-order chi connectivity index (χ0) is 25.2. The molecule has 0 saturated heterocycles. The van der Waals surface area contributed by atoms with Crippen LogP contribution in [0.4, 0.5) is 23.8 Å². The van der Waals surface area contributed by atoms with Crippen LogP contribution in [-0.2, 0) is 10.9 Å². The Labute approximate surface area is 199 Å². The molecule has 3 aromatic rings. The summed E-state index contributed by atoms with van der Waals surface area (Å²) in [6.45, 7) is -0.0320. The number of nitrogens with two attached hydrogens (primary N) is 1. The van der Waals surface area contributed by atoms with Crippen LogP contribution in [0.15, 0.2) is 60.7 Å². The summed E-state index contributed by atoms with van der Waals surface area (Å²) >= 11 is 0. The van der Waals surface area contributed by atoms with Crippen molar-refractivity contribution < 1.29 is 32.9 Å². The van der Waals surface area contributed by atoms with Crippen molar-refractivity contribution >= 4 is 11.9 Å². The van der Waals surface area contributed by atoms with Crippen LogP contribution in [0.1, 0.15) is 40.8 Å². The van der Waals surface area contributed by atoms with Gasteiger partial charge in [-0.3, -0.25) is 0 Å². The summed E-state index contributed by atoms with van der Waals surface area (Å²) in [6.07, 6.45) is -9.27. The van der Waals surface area contributed by atoms with Crippen LogP contribution in [0.5, 0.6) is 0 Å². The van der Waals surface area contributed by atoms with E-state index in [1.807, 2.05) is 48.5 Å². The monoisotopic (exact) mass is 487 g/mol. The lowest BCUT2D eigenvalue weighted by atomic mass is 9.98. The van der Waals surface area contributed by atoms with Crippen molar-refractivity contribution in [3.63, 3.8) is 0 Å². The normalized spacial score (nSPS) is 14.7. The zero-order valence-corrected chi connectivity index (χ0v) is 18.5. The highest BCUT2D eigenvalue weighted by atomic mass is 19.4. The fourth-order valence-corrected chi connectivity index (χ4v) is 4.29. The Morgan fingerprint density at radius 2 is 1.63 bits per heavy atom. The molecule has 1 aliphatic rings. The molecule has 0 radical (unpaired) electrons. The fraction of sp³-hybridized carbons (Fsp3) is 0.280. The molecule has 0 fully saturated rings. The van der Waals surface area contributed by atoms with Crippen molar-refractivity contribution in [3.05, 3.63) is 83.0 Å². The van der Waals surface area contributed by atoms with Gasteiger partial charge < -0.3 is 26.0 Å². The van der Waals surface area contributed by atoms with E-state index in [2.05, 4.69) is 10.3 Å². The molecule has 0 aliphatic heterocycles. The summed E-state index contributed by atoms with van der Waals surface area (Å²) < 4.78 is 45.0. The number of alkyl carbamates (subject to hydrolysis) is 1. The molecule has 184 valence electrons. The Hall–Kier alpha value is -3.63. The van der Waals surface area contributed by atoms with Crippen LogP contribution in [-0.4, -0.2) is 40.5 Å². The van der Waals surface area contributed by atoms with Gasteiger partial charge in [0.2, 0.25) is 0 Å². The lowest BCUT2D eigenvalue weighted by molar-refractivity contribution is -0.143. The number of anilines is 1. The van der Waals surface area contributed by atoms with Gasteiger partial charge in [0.15, 0.2) is 5.69 Å². The Kier molecular flexibility index (Phi) is 6.95. The Bertz CT molecular complexity index is 1170. The lowest BCUT2D eigenvalue weighted by Crippen LogP contribution is -2.31. The topological polar surface area (TPSA) is 118 Å². The van der Waals surface area contributed by atoms with Gasteiger partial charge in [0, 0.05) is 18.0 Å².